The Labute approximate surface area is 731 Å². The quantitative estimate of drug-likeness (QED) is 0.00712. The van der Waals surface area contributed by atoms with Crippen molar-refractivity contribution in [3.8, 4) is 28.7 Å². The summed E-state index contributed by atoms with van der Waals surface area (Å²) in [4.78, 5) is 129. The molecule has 9 N–H and O–H groups in total. The fourth-order valence-electron chi connectivity index (χ4n) is 13.0. The standard InChI is InChI=1S/C28H48N4O6.C27H45N3O6.C24H34O3.C14H22N4O4/c1-7-8-9-12-17-36-23-20-24(37-18-13-10-11-14-31-27(35)38-28(2,3)4)22(19-21(23)25(29)33)26(34)30-15-16-32(5)6;1-6-8-9-12-16-35-23-19-22(20(24(28)31)18-21(23)25(32)29-14-7-2)34-17-13-10-11-15-30-26(33)36-27(3,4)5;1-17-13-24(27-2)21(23(26)15-19-11-7-4-8-12-19)16-20(17)22(25)14-18-9-5-3-6-10-18;1-13(2,3)21-11(19)16-10(18-9-7-8-15-18)17-12(20)22-14(4,5)6/h19-20H,7-18H2,1-6H3,(H2,29,33)(H,30,34)(H,31,35);18-19H,6-17H2,1-5H3,(H2,28,31)(H,29,32)(H,30,33);13,16,18-19H,3-12,14-15H2,1-2H3;7-9H,1-6H3,(H,16,17,19,20). The summed E-state index contributed by atoms with van der Waals surface area (Å²) in [6.07, 6.45) is 27.5. The number of alkyl carbamates (subject to hydrolysis) is 3. The number of hydrogen-bond donors (Lipinski definition) is 7. The number of carbonyl (C=O) groups excluding carboxylic acids is 10. The second kappa shape index (κ2) is 56.7. The zero-order chi connectivity index (χ0) is 91.7. The summed E-state index contributed by atoms with van der Waals surface area (Å²) < 4.78 is 51.0. The molecule has 3 aromatic carbocycles. The van der Waals surface area contributed by atoms with Crippen LogP contribution in [0.3, 0.4) is 0 Å². The van der Waals surface area contributed by atoms with E-state index in [4.69, 9.17) is 54.1 Å². The number of unbranched alkanes of at least 4 members (excludes halogenated alkanes) is 10. The Morgan fingerprint density at radius 1 is 0.447 bits per heavy atom. The van der Waals surface area contributed by atoms with E-state index in [1.165, 1.54) is 67.7 Å². The second-order valence-corrected chi connectivity index (χ2v) is 35.3. The third-order valence-electron chi connectivity index (χ3n) is 19.0. The van der Waals surface area contributed by atoms with Gasteiger partial charge in [-0.05, 0) is 210 Å². The summed E-state index contributed by atoms with van der Waals surface area (Å²) in [5.41, 5.74) is 11.8. The van der Waals surface area contributed by atoms with E-state index in [0.29, 0.717) is 137 Å². The van der Waals surface area contributed by atoms with E-state index in [0.717, 1.165) is 115 Å². The summed E-state index contributed by atoms with van der Waals surface area (Å²) in [7, 11) is 5.44. The van der Waals surface area contributed by atoms with Crippen molar-refractivity contribution in [2.75, 3.05) is 80.4 Å². The van der Waals surface area contributed by atoms with Crippen LogP contribution in [-0.2, 0) is 18.9 Å². The molecule has 30 heteroatoms. The lowest BCUT2D eigenvalue weighted by atomic mass is 9.83. The number of benzene rings is 3. The number of ether oxygens (including phenoxy) is 9. The van der Waals surface area contributed by atoms with Gasteiger partial charge in [0, 0.05) is 75.7 Å². The predicted octanol–water partition coefficient (Wildman–Crippen LogP) is 17.9. The van der Waals surface area contributed by atoms with E-state index in [1.807, 2.05) is 86.5 Å². The van der Waals surface area contributed by atoms with Crippen molar-refractivity contribution in [3.63, 3.8) is 0 Å². The van der Waals surface area contributed by atoms with E-state index < -0.39 is 58.6 Å². The Bertz CT molecular complexity index is 3930. The van der Waals surface area contributed by atoms with Crippen molar-refractivity contribution < 1.29 is 90.6 Å². The molecular formula is C93H149N11O19. The first-order chi connectivity index (χ1) is 58.1. The first-order valence-corrected chi connectivity index (χ1v) is 44.3. The topological polar surface area (TPSA) is 399 Å². The van der Waals surface area contributed by atoms with Crippen molar-refractivity contribution in [2.45, 2.75) is 307 Å². The molecule has 2 aliphatic carbocycles. The van der Waals surface area contributed by atoms with Crippen LogP contribution in [-0.4, -0.2) is 183 Å². The van der Waals surface area contributed by atoms with E-state index in [2.05, 4.69) is 50.5 Å². The molecule has 2 saturated carbocycles. The van der Waals surface area contributed by atoms with Crippen molar-refractivity contribution in [1.29, 1.82) is 0 Å². The summed E-state index contributed by atoms with van der Waals surface area (Å²) in [5.74, 6) is 1.15. The van der Waals surface area contributed by atoms with Crippen LogP contribution in [0.2, 0.25) is 0 Å². The molecule has 0 bridgehead atoms. The molecule has 6 rings (SSSR count). The molecule has 0 spiro atoms. The minimum absolute atomic E-state index is 0.103. The van der Waals surface area contributed by atoms with Crippen molar-refractivity contribution in [3.05, 3.63) is 93.8 Å². The van der Waals surface area contributed by atoms with Gasteiger partial charge in [0.05, 0.1) is 61.4 Å². The van der Waals surface area contributed by atoms with Crippen molar-refractivity contribution >= 4 is 65.5 Å². The molecule has 2 aliphatic rings. The van der Waals surface area contributed by atoms with Crippen LogP contribution in [0, 0.1) is 18.8 Å². The van der Waals surface area contributed by atoms with E-state index in [-0.39, 0.29) is 51.6 Å². The van der Waals surface area contributed by atoms with Crippen molar-refractivity contribution in [2.24, 2.45) is 28.3 Å². The maximum atomic E-state index is 13.0. The lowest BCUT2D eigenvalue weighted by Crippen LogP contribution is -2.40. The Morgan fingerprint density at radius 2 is 0.837 bits per heavy atom. The molecule has 0 aliphatic heterocycles. The SMILES string of the molecule is CC(C)(C)OC(=O)N=C(NC(=O)OC(C)(C)C)n1cccn1.CCCCCCOc1cc(OCCCCCNC(=O)OC(C)(C)C)c(C(=O)NCCN(C)C)cc1C(N)=O.CCCCCCOc1cc(OCCCCCNC(=O)OC(C)(C)C)c(C(N)=O)cc1C(=O)NCCC.COc1cc(C)c(C(=O)CC2CCCCC2)cc1C(=O)CC1CCCCC1. The number of likely N-dealkylation sites (N-methyl/N-ethyl adjacent to an activating group) is 1. The number of aryl methyl sites for hydroxylation is 1. The maximum Gasteiger partial charge on any atom is 0.437 e. The third-order valence-corrected chi connectivity index (χ3v) is 19.0. The number of ketones is 2. The van der Waals surface area contributed by atoms with Crippen LogP contribution in [0.4, 0.5) is 19.2 Å². The van der Waals surface area contributed by atoms with Gasteiger partial charge in [0.1, 0.15) is 51.2 Å². The molecular weight excluding hydrogens is 1580 g/mol. The van der Waals surface area contributed by atoms with Gasteiger partial charge in [-0.15, -0.1) is 4.99 Å². The van der Waals surface area contributed by atoms with Crippen LogP contribution in [0.15, 0.2) is 59.9 Å². The number of methoxy groups -OCH3 is 1. The van der Waals surface area contributed by atoms with Gasteiger partial charge in [-0.3, -0.25) is 34.1 Å². The first kappa shape index (κ1) is 107. The minimum atomic E-state index is -0.839. The van der Waals surface area contributed by atoms with Gasteiger partial charge in [-0.25, -0.2) is 23.9 Å². The normalized spacial score (nSPS) is 13.2. The molecule has 0 radical (unpaired) electrons. The summed E-state index contributed by atoms with van der Waals surface area (Å²) in [6, 6.07) is 11.4. The van der Waals surface area contributed by atoms with Gasteiger partial charge in [0.15, 0.2) is 11.6 Å². The molecule has 2 fully saturated rings. The zero-order valence-corrected chi connectivity index (χ0v) is 77.5. The molecule has 0 unspecified atom stereocenters. The van der Waals surface area contributed by atoms with Crippen LogP contribution in [0.25, 0.3) is 0 Å². The van der Waals surface area contributed by atoms with Gasteiger partial charge >= 0.3 is 24.4 Å². The number of nitrogens with one attached hydrogen (secondary N) is 5. The highest BCUT2D eigenvalue weighted by atomic mass is 16.6. The highest BCUT2D eigenvalue weighted by Gasteiger charge is 2.29. The molecule has 690 valence electrons. The Morgan fingerprint density at radius 3 is 1.21 bits per heavy atom. The molecule has 123 heavy (non-hydrogen) atoms. The molecule has 0 saturated heterocycles. The summed E-state index contributed by atoms with van der Waals surface area (Å²) >= 11 is 0. The second-order valence-electron chi connectivity index (χ2n) is 35.3. The first-order valence-electron chi connectivity index (χ1n) is 44.3. The van der Waals surface area contributed by atoms with E-state index in [1.54, 1.807) is 66.9 Å². The number of aromatic nitrogens is 2. The molecule has 1 heterocycles. The van der Waals surface area contributed by atoms with Crippen LogP contribution >= 0.6 is 0 Å². The summed E-state index contributed by atoms with van der Waals surface area (Å²) in [5, 5.41) is 17.5. The number of aliphatic imine (C=N–C) groups is 1. The molecule has 1 aromatic heterocycles. The molecule has 30 nitrogen and oxygen atoms in total. The third kappa shape index (κ3) is 46.3. The highest BCUT2D eigenvalue weighted by molar-refractivity contribution is 6.06. The number of nitrogens with zero attached hydrogens (tertiary/aromatic N) is 4. The lowest BCUT2D eigenvalue weighted by Gasteiger charge is -2.22. The van der Waals surface area contributed by atoms with Crippen LogP contribution in [0.1, 0.15) is 345 Å². The average Bonchev–Trinajstić information content (AvgIpc) is 1.66. The monoisotopic (exact) mass is 1720 g/mol. The zero-order valence-electron chi connectivity index (χ0n) is 77.5. The Kier molecular flexibility index (Phi) is 49.4. The van der Waals surface area contributed by atoms with Gasteiger partial charge in [-0.1, -0.05) is 124 Å². The lowest BCUT2D eigenvalue weighted by molar-refractivity contribution is 0.0515. The van der Waals surface area contributed by atoms with Crippen LogP contribution < -0.4 is 61.7 Å². The fraction of sp³-hybridized carbons (Fsp3) is 0.656. The number of amides is 8. The predicted molar refractivity (Wildman–Crippen MR) is 479 cm³/mol. The number of nitrogens with two attached hydrogens (primary N) is 2. The van der Waals surface area contributed by atoms with Crippen molar-refractivity contribution in [1.82, 2.24) is 41.3 Å². The van der Waals surface area contributed by atoms with E-state index in [9.17, 15) is 47.9 Å². The van der Waals surface area contributed by atoms with Crippen LogP contribution in [0.5, 0.6) is 28.7 Å². The number of carbonyl (C=O) groups is 10. The molecule has 0 atom stereocenters. The number of rotatable bonds is 42. The molecule has 8 amide bonds. The largest absolute Gasteiger partial charge is 0.496 e. The maximum absolute atomic E-state index is 13.0. The Hall–Kier alpha value is -10.0. The fourth-order valence-corrected chi connectivity index (χ4v) is 13.0. The summed E-state index contributed by atoms with van der Waals surface area (Å²) in [6.45, 7) is 33.7. The minimum Gasteiger partial charge on any atom is -0.496 e. The van der Waals surface area contributed by atoms with Gasteiger partial charge in [0.2, 0.25) is 5.96 Å². The van der Waals surface area contributed by atoms with Gasteiger partial charge in [-0.2, -0.15) is 5.10 Å². The van der Waals surface area contributed by atoms with Gasteiger partial charge in [0.25, 0.3) is 23.6 Å². The number of hydrogen-bond acceptors (Lipinski definition) is 21. The number of Topliss-reactive ketones (excluding diaryl/α,β-unsaturated/α-hetero) is 2. The smallest absolute Gasteiger partial charge is 0.437 e. The Balaban J connectivity index is 0.000000431. The van der Waals surface area contributed by atoms with Gasteiger partial charge < -0.3 is 80.3 Å². The van der Waals surface area contributed by atoms with E-state index >= 15 is 0 Å². The highest BCUT2D eigenvalue weighted by Crippen LogP contribution is 2.36. The molecule has 4 aromatic rings. The number of primary amides is 2. The average molecular weight is 1730 g/mol.